The largest absolute Gasteiger partial charge is 0.376 e. The number of thioether (sulfide) groups is 1. The Bertz CT molecular complexity index is 1090. The van der Waals surface area contributed by atoms with Crippen molar-refractivity contribution in [2.45, 2.75) is 48.6 Å². The minimum absolute atomic E-state index is 0.0150. The van der Waals surface area contributed by atoms with Gasteiger partial charge in [0.15, 0.2) is 0 Å². The van der Waals surface area contributed by atoms with Gasteiger partial charge in [-0.05, 0) is 35.1 Å². The molecular formula is C35H44O4S. The van der Waals surface area contributed by atoms with Gasteiger partial charge in [0.05, 0.1) is 43.5 Å². The summed E-state index contributed by atoms with van der Waals surface area (Å²) >= 11 is 1.82. The van der Waals surface area contributed by atoms with E-state index in [1.54, 1.807) is 24.3 Å². The Kier molecular flexibility index (Phi) is 14.3. The molecule has 0 aromatic heterocycles. The third kappa shape index (κ3) is 9.46. The highest BCUT2D eigenvalue weighted by atomic mass is 32.2. The van der Waals surface area contributed by atoms with E-state index < -0.39 is 0 Å². The zero-order valence-electron chi connectivity index (χ0n) is 23.8. The molecule has 5 heteroatoms. The third-order valence-electron chi connectivity index (χ3n) is 6.70. The summed E-state index contributed by atoms with van der Waals surface area (Å²) < 4.78 is 25.0. The summed E-state index contributed by atoms with van der Waals surface area (Å²) in [6.45, 7) is 19.8. The first-order valence-corrected chi connectivity index (χ1v) is 14.9. The van der Waals surface area contributed by atoms with Crippen LogP contribution in [-0.2, 0) is 31.8 Å². The molecule has 0 N–H and O–H groups in total. The zero-order chi connectivity index (χ0) is 28.6. The first-order chi connectivity index (χ1) is 19.6. The van der Waals surface area contributed by atoms with Gasteiger partial charge in [0.2, 0.25) is 0 Å². The molecule has 0 bridgehead atoms. The van der Waals surface area contributed by atoms with Crippen molar-refractivity contribution in [3.05, 3.63) is 127 Å². The van der Waals surface area contributed by atoms with Gasteiger partial charge in [0, 0.05) is 0 Å². The summed E-state index contributed by atoms with van der Waals surface area (Å²) in [5, 5.41) is 0.0409. The van der Waals surface area contributed by atoms with Crippen LogP contribution in [0.25, 0.3) is 6.08 Å². The normalized spacial score (nSPS) is 22.7. The molecule has 214 valence electrons. The van der Waals surface area contributed by atoms with Gasteiger partial charge < -0.3 is 18.9 Å². The molecule has 5 atom stereocenters. The van der Waals surface area contributed by atoms with Crippen LogP contribution >= 0.6 is 11.8 Å². The highest BCUT2D eigenvalue weighted by Crippen LogP contribution is 2.46. The van der Waals surface area contributed by atoms with Gasteiger partial charge in [0.1, 0.15) is 18.3 Å². The zero-order valence-corrected chi connectivity index (χ0v) is 24.6. The highest BCUT2D eigenvalue weighted by Gasteiger charge is 2.48. The second kappa shape index (κ2) is 17.9. The number of aryl methyl sites for hydroxylation is 1. The summed E-state index contributed by atoms with van der Waals surface area (Å²) in [7, 11) is 0. The van der Waals surface area contributed by atoms with E-state index in [1.807, 2.05) is 11.8 Å². The highest BCUT2D eigenvalue weighted by molar-refractivity contribution is 8.00. The Morgan fingerprint density at radius 1 is 0.750 bits per heavy atom. The van der Waals surface area contributed by atoms with E-state index in [0.29, 0.717) is 33.0 Å². The fourth-order valence-electron chi connectivity index (χ4n) is 4.79. The summed E-state index contributed by atoms with van der Waals surface area (Å²) in [5.41, 5.74) is 5.00. The van der Waals surface area contributed by atoms with Crippen LogP contribution in [0.2, 0.25) is 0 Å². The van der Waals surface area contributed by atoms with Crippen molar-refractivity contribution in [3.63, 3.8) is 0 Å². The first kappa shape index (κ1) is 31.9. The van der Waals surface area contributed by atoms with Gasteiger partial charge in [-0.3, -0.25) is 0 Å². The van der Waals surface area contributed by atoms with Crippen molar-refractivity contribution in [2.24, 2.45) is 0 Å². The average molecular weight is 561 g/mol. The third-order valence-corrected chi connectivity index (χ3v) is 8.29. The van der Waals surface area contributed by atoms with Gasteiger partial charge in [-0.2, -0.15) is 0 Å². The second-order valence-corrected chi connectivity index (χ2v) is 11.0. The first-order valence-electron chi connectivity index (χ1n) is 14.0. The molecule has 0 radical (unpaired) electrons. The Labute approximate surface area is 245 Å². The van der Waals surface area contributed by atoms with Crippen LogP contribution in [0.15, 0.2) is 105 Å². The minimum Gasteiger partial charge on any atom is -0.376 e. The van der Waals surface area contributed by atoms with Crippen LogP contribution in [-0.4, -0.2) is 56.6 Å². The van der Waals surface area contributed by atoms with Gasteiger partial charge >= 0.3 is 0 Å². The van der Waals surface area contributed by atoms with Gasteiger partial charge in [-0.25, -0.2) is 0 Å². The fourth-order valence-corrected chi connectivity index (χ4v) is 6.42. The van der Waals surface area contributed by atoms with E-state index in [-0.39, 0.29) is 28.8 Å². The maximum Gasteiger partial charge on any atom is 0.113 e. The molecule has 2 aromatic carbocycles. The molecule has 1 fully saturated rings. The van der Waals surface area contributed by atoms with Crippen LogP contribution in [0.1, 0.15) is 34.4 Å². The summed E-state index contributed by atoms with van der Waals surface area (Å²) in [5.74, 6) is 0. The Balaban J connectivity index is 1.88. The predicted octanol–water partition coefficient (Wildman–Crippen LogP) is 7.58. The lowest BCUT2D eigenvalue weighted by Crippen LogP contribution is -2.55. The van der Waals surface area contributed by atoms with Crippen LogP contribution < -0.4 is 0 Å². The molecule has 0 spiro atoms. The molecule has 0 amide bonds. The van der Waals surface area contributed by atoms with E-state index in [1.165, 1.54) is 22.3 Å². The summed E-state index contributed by atoms with van der Waals surface area (Å²) in [6, 6.07) is 17.5. The van der Waals surface area contributed by atoms with Gasteiger partial charge in [-0.15, -0.1) is 38.1 Å². The van der Waals surface area contributed by atoms with Gasteiger partial charge in [0.25, 0.3) is 0 Å². The van der Waals surface area contributed by atoms with E-state index in [9.17, 15) is 0 Å². The number of ether oxygens (including phenoxy) is 4. The molecule has 3 rings (SSSR count). The van der Waals surface area contributed by atoms with E-state index in [0.717, 1.165) is 12.8 Å². The number of benzene rings is 2. The Morgan fingerprint density at radius 2 is 1.40 bits per heavy atom. The van der Waals surface area contributed by atoms with Crippen LogP contribution in [0.5, 0.6) is 0 Å². The van der Waals surface area contributed by atoms with E-state index in [2.05, 4.69) is 93.9 Å². The maximum absolute atomic E-state index is 6.42. The quantitative estimate of drug-likeness (QED) is 0.139. The van der Waals surface area contributed by atoms with Crippen molar-refractivity contribution in [3.8, 4) is 0 Å². The smallest absolute Gasteiger partial charge is 0.113 e. The molecule has 0 unspecified atom stereocenters. The van der Waals surface area contributed by atoms with Crippen molar-refractivity contribution in [1.29, 1.82) is 0 Å². The van der Waals surface area contributed by atoms with Crippen molar-refractivity contribution in [1.82, 2.24) is 0 Å². The van der Waals surface area contributed by atoms with E-state index in [4.69, 9.17) is 18.9 Å². The molecular weight excluding hydrogens is 516 g/mol. The molecule has 1 heterocycles. The topological polar surface area (TPSA) is 36.9 Å². The summed E-state index contributed by atoms with van der Waals surface area (Å²) in [6.07, 6.45) is 12.5. The SMILES string of the molecule is C=CCOC[C@H]1S[C@@H](c2cccc(C/C=C/c3ccc(CC)cc3)c2)[C@H](OCC=C)[C@@H](OCC=C)[C@@H]1OCC=C. The molecule has 2 aromatic rings. The lowest BCUT2D eigenvalue weighted by Gasteiger charge is -2.46. The lowest BCUT2D eigenvalue weighted by molar-refractivity contribution is -0.136. The van der Waals surface area contributed by atoms with Crippen molar-refractivity contribution >= 4 is 17.8 Å². The molecule has 1 aliphatic rings. The molecule has 0 saturated carbocycles. The van der Waals surface area contributed by atoms with Gasteiger partial charge in [-0.1, -0.05) is 91.9 Å². The molecule has 4 nitrogen and oxygen atoms in total. The van der Waals surface area contributed by atoms with Crippen molar-refractivity contribution < 1.29 is 18.9 Å². The Hall–Kier alpha value is -2.67. The average Bonchev–Trinajstić information content (AvgIpc) is 2.99. The number of rotatable bonds is 18. The molecule has 1 saturated heterocycles. The van der Waals surface area contributed by atoms with Crippen LogP contribution in [0, 0.1) is 0 Å². The fraction of sp³-hybridized carbons (Fsp3) is 0.371. The lowest BCUT2D eigenvalue weighted by atomic mass is 9.95. The number of hydrogen-bond donors (Lipinski definition) is 0. The maximum atomic E-state index is 6.42. The minimum atomic E-state index is -0.323. The van der Waals surface area contributed by atoms with Crippen LogP contribution in [0.4, 0.5) is 0 Å². The summed E-state index contributed by atoms with van der Waals surface area (Å²) in [4.78, 5) is 0. The number of allylic oxidation sites excluding steroid dienone is 1. The molecule has 0 aliphatic carbocycles. The number of hydrogen-bond acceptors (Lipinski definition) is 5. The molecule has 40 heavy (non-hydrogen) atoms. The molecule has 1 aliphatic heterocycles. The van der Waals surface area contributed by atoms with E-state index >= 15 is 0 Å². The standard InChI is InChI=1S/C35H44O4S/c1-6-21-36-26-31-32(37-22-7-2)33(38-23-8-3)34(39-24-9-4)35(40-31)30-16-12-15-29(25-30)14-11-13-28-19-17-27(10-5)18-20-28/h6-9,11-13,15-20,25,31-35H,1-4,10,14,21-24,26H2,5H3/b13-11+/t31-,32-,33+,34-,35+/m1/s1. The monoisotopic (exact) mass is 560 g/mol. The van der Waals surface area contributed by atoms with Crippen molar-refractivity contribution in [2.75, 3.05) is 33.0 Å². The van der Waals surface area contributed by atoms with Crippen LogP contribution in [0.3, 0.4) is 0 Å². The second-order valence-electron chi connectivity index (χ2n) is 9.63. The Morgan fingerprint density at radius 3 is 2.05 bits per heavy atom. The predicted molar refractivity (Wildman–Crippen MR) is 170 cm³/mol.